The average molecular weight is 279 g/mol. The van der Waals surface area contributed by atoms with E-state index in [1.54, 1.807) is 11.0 Å². The number of carbonyl (C=O) groups excluding carboxylic acids is 1. The van der Waals surface area contributed by atoms with Crippen LogP contribution in [-0.4, -0.2) is 40.6 Å². The lowest BCUT2D eigenvalue weighted by Crippen LogP contribution is -2.29. The summed E-state index contributed by atoms with van der Waals surface area (Å²) in [6.07, 6.45) is 0.869. The Bertz CT molecular complexity index is 623. The first-order chi connectivity index (χ1) is 9.17. The highest BCUT2D eigenvalue weighted by Gasteiger charge is 2.27. The molecule has 1 unspecified atom stereocenters. The second kappa shape index (κ2) is 4.87. The quantitative estimate of drug-likeness (QED) is 0.885. The number of aromatic nitrogens is 1. The van der Waals surface area contributed by atoms with E-state index in [4.69, 9.17) is 16.7 Å². The summed E-state index contributed by atoms with van der Waals surface area (Å²) in [5.74, 6) is 0.200. The van der Waals surface area contributed by atoms with Crippen molar-refractivity contribution in [2.24, 2.45) is 5.92 Å². The molecule has 2 aromatic rings. The van der Waals surface area contributed by atoms with Crippen LogP contribution in [0.5, 0.6) is 0 Å². The number of nitrogens with zero attached hydrogens (tertiary/aromatic N) is 1. The number of nitrogens with one attached hydrogen (secondary N) is 1. The highest BCUT2D eigenvalue weighted by atomic mass is 35.5. The van der Waals surface area contributed by atoms with Gasteiger partial charge in [0.2, 0.25) is 0 Å². The maximum Gasteiger partial charge on any atom is 0.270 e. The number of hydrogen-bond acceptors (Lipinski definition) is 2. The van der Waals surface area contributed by atoms with Gasteiger partial charge in [0.05, 0.1) is 0 Å². The Morgan fingerprint density at radius 3 is 3.05 bits per heavy atom. The number of H-pyrrole nitrogens is 1. The van der Waals surface area contributed by atoms with Gasteiger partial charge in [-0.2, -0.15) is 0 Å². The Hall–Kier alpha value is -1.52. The second-order valence-corrected chi connectivity index (χ2v) is 5.44. The first-order valence-corrected chi connectivity index (χ1v) is 6.73. The Morgan fingerprint density at radius 1 is 1.47 bits per heavy atom. The van der Waals surface area contributed by atoms with Gasteiger partial charge in [-0.1, -0.05) is 11.6 Å². The zero-order valence-electron chi connectivity index (χ0n) is 10.4. The van der Waals surface area contributed by atoms with Crippen molar-refractivity contribution in [3.05, 3.63) is 35.0 Å². The molecule has 5 heteroatoms. The van der Waals surface area contributed by atoms with Gasteiger partial charge in [-0.25, -0.2) is 0 Å². The Morgan fingerprint density at radius 2 is 2.32 bits per heavy atom. The maximum absolute atomic E-state index is 12.3. The number of rotatable bonds is 2. The summed E-state index contributed by atoms with van der Waals surface area (Å²) in [4.78, 5) is 17.2. The van der Waals surface area contributed by atoms with Gasteiger partial charge in [-0.15, -0.1) is 0 Å². The van der Waals surface area contributed by atoms with E-state index >= 15 is 0 Å². The minimum atomic E-state index is -0.0109. The van der Waals surface area contributed by atoms with Crippen LogP contribution in [0.4, 0.5) is 0 Å². The van der Waals surface area contributed by atoms with Crippen molar-refractivity contribution in [1.82, 2.24) is 9.88 Å². The normalized spacial score (nSPS) is 19.3. The minimum Gasteiger partial charge on any atom is -0.396 e. The third-order valence-electron chi connectivity index (χ3n) is 3.64. The van der Waals surface area contributed by atoms with Gasteiger partial charge in [0, 0.05) is 41.5 Å². The Kier molecular flexibility index (Phi) is 3.21. The summed E-state index contributed by atoms with van der Waals surface area (Å²) < 4.78 is 0. The third-order valence-corrected chi connectivity index (χ3v) is 3.88. The number of fused-ring (bicyclic) bond motifs is 1. The van der Waals surface area contributed by atoms with Gasteiger partial charge in [0.15, 0.2) is 0 Å². The highest BCUT2D eigenvalue weighted by Crippen LogP contribution is 2.23. The first kappa shape index (κ1) is 12.5. The zero-order chi connectivity index (χ0) is 13.4. The largest absolute Gasteiger partial charge is 0.396 e. The van der Waals surface area contributed by atoms with Crippen LogP contribution >= 0.6 is 11.6 Å². The number of likely N-dealkylation sites (tertiary alicyclic amines) is 1. The van der Waals surface area contributed by atoms with Gasteiger partial charge in [0.1, 0.15) is 5.69 Å². The fraction of sp³-hybridized carbons (Fsp3) is 0.357. The maximum atomic E-state index is 12.3. The van der Waals surface area contributed by atoms with E-state index in [0.29, 0.717) is 23.8 Å². The van der Waals surface area contributed by atoms with Crippen molar-refractivity contribution < 1.29 is 9.90 Å². The molecule has 2 N–H and O–H groups in total. The third kappa shape index (κ3) is 2.33. The molecule has 0 radical (unpaired) electrons. The number of aliphatic hydroxyl groups is 1. The summed E-state index contributed by atoms with van der Waals surface area (Å²) in [6.45, 7) is 1.48. The molecule has 1 atom stereocenters. The van der Waals surface area contributed by atoms with Crippen molar-refractivity contribution in [1.29, 1.82) is 0 Å². The SMILES string of the molecule is O=C(c1cc2cc(Cl)ccc2[nH]1)N1CCC(CO)C1. The van der Waals surface area contributed by atoms with Crippen molar-refractivity contribution >= 4 is 28.4 Å². The van der Waals surface area contributed by atoms with Gasteiger partial charge in [0.25, 0.3) is 5.91 Å². The fourth-order valence-electron chi connectivity index (χ4n) is 2.56. The molecule has 2 heterocycles. The molecule has 0 bridgehead atoms. The lowest BCUT2D eigenvalue weighted by molar-refractivity contribution is 0.0777. The first-order valence-electron chi connectivity index (χ1n) is 6.36. The smallest absolute Gasteiger partial charge is 0.270 e. The Labute approximate surface area is 116 Å². The number of aromatic amines is 1. The molecule has 1 aliphatic rings. The van der Waals surface area contributed by atoms with Crippen LogP contribution in [0.25, 0.3) is 10.9 Å². The predicted octanol–water partition coefficient (Wildman–Crippen LogP) is 2.28. The molecule has 1 aromatic heterocycles. The van der Waals surface area contributed by atoms with E-state index in [9.17, 15) is 4.79 Å². The van der Waals surface area contributed by atoms with Gasteiger partial charge >= 0.3 is 0 Å². The molecular weight excluding hydrogens is 264 g/mol. The highest BCUT2D eigenvalue weighted by molar-refractivity contribution is 6.31. The van der Waals surface area contributed by atoms with Crippen LogP contribution in [0.3, 0.4) is 0 Å². The van der Waals surface area contributed by atoms with Crippen LogP contribution in [0.1, 0.15) is 16.9 Å². The summed E-state index contributed by atoms with van der Waals surface area (Å²) in [5, 5.41) is 10.7. The van der Waals surface area contributed by atoms with Crippen molar-refractivity contribution in [2.75, 3.05) is 19.7 Å². The topological polar surface area (TPSA) is 56.3 Å². The molecule has 1 aliphatic heterocycles. The van der Waals surface area contributed by atoms with E-state index in [1.165, 1.54) is 0 Å². The lowest BCUT2D eigenvalue weighted by Gasteiger charge is -2.14. The van der Waals surface area contributed by atoms with Crippen LogP contribution in [-0.2, 0) is 0 Å². The molecule has 1 aromatic carbocycles. The van der Waals surface area contributed by atoms with E-state index in [2.05, 4.69) is 4.98 Å². The fourth-order valence-corrected chi connectivity index (χ4v) is 2.74. The molecule has 100 valence electrons. The molecule has 0 saturated carbocycles. The van der Waals surface area contributed by atoms with Crippen LogP contribution in [0.15, 0.2) is 24.3 Å². The molecule has 19 heavy (non-hydrogen) atoms. The van der Waals surface area contributed by atoms with Gasteiger partial charge in [-0.05, 0) is 30.7 Å². The monoisotopic (exact) mass is 278 g/mol. The number of benzene rings is 1. The summed E-state index contributed by atoms with van der Waals surface area (Å²) >= 11 is 5.94. The van der Waals surface area contributed by atoms with E-state index < -0.39 is 0 Å². The summed E-state index contributed by atoms with van der Waals surface area (Å²) in [5.41, 5.74) is 1.49. The van der Waals surface area contributed by atoms with Crippen LogP contribution < -0.4 is 0 Å². The molecule has 0 aliphatic carbocycles. The number of carbonyl (C=O) groups is 1. The molecule has 0 spiro atoms. The van der Waals surface area contributed by atoms with E-state index in [-0.39, 0.29) is 18.4 Å². The van der Waals surface area contributed by atoms with Crippen LogP contribution in [0.2, 0.25) is 5.02 Å². The molecule has 1 saturated heterocycles. The van der Waals surface area contributed by atoms with Crippen molar-refractivity contribution in [2.45, 2.75) is 6.42 Å². The molecule has 3 rings (SSSR count). The number of halogens is 1. The number of hydrogen-bond donors (Lipinski definition) is 2. The molecular formula is C14H15ClN2O2. The summed E-state index contributed by atoms with van der Waals surface area (Å²) in [6, 6.07) is 7.34. The second-order valence-electron chi connectivity index (χ2n) is 5.00. The van der Waals surface area contributed by atoms with Gasteiger partial charge in [-0.3, -0.25) is 4.79 Å². The average Bonchev–Trinajstić information content (AvgIpc) is 3.03. The predicted molar refractivity (Wildman–Crippen MR) is 74.4 cm³/mol. The molecule has 1 amide bonds. The van der Waals surface area contributed by atoms with Crippen molar-refractivity contribution in [3.8, 4) is 0 Å². The van der Waals surface area contributed by atoms with E-state index in [1.807, 2.05) is 18.2 Å². The van der Waals surface area contributed by atoms with Crippen LogP contribution in [0, 0.1) is 5.92 Å². The van der Waals surface area contributed by atoms with Gasteiger partial charge < -0.3 is 15.0 Å². The lowest BCUT2D eigenvalue weighted by atomic mass is 10.1. The molecule has 1 fully saturated rings. The number of aliphatic hydroxyl groups excluding tert-OH is 1. The minimum absolute atomic E-state index is 0.0109. The Balaban J connectivity index is 1.86. The standard InChI is InChI=1S/C14H15ClN2O2/c15-11-1-2-12-10(5-11)6-13(16-12)14(19)17-4-3-9(7-17)8-18/h1-2,5-6,9,16,18H,3-4,7-8H2. The van der Waals surface area contributed by atoms with Crippen molar-refractivity contribution in [3.63, 3.8) is 0 Å². The summed E-state index contributed by atoms with van der Waals surface area (Å²) in [7, 11) is 0. The molecule has 4 nitrogen and oxygen atoms in total. The zero-order valence-corrected chi connectivity index (χ0v) is 11.2. The number of amides is 1. The van der Waals surface area contributed by atoms with E-state index in [0.717, 1.165) is 17.3 Å².